The van der Waals surface area contributed by atoms with E-state index in [0.717, 1.165) is 48.7 Å². The van der Waals surface area contributed by atoms with Gasteiger partial charge in [-0.25, -0.2) is 9.78 Å². The number of hydrogen-bond acceptors (Lipinski definition) is 4. The molecule has 0 bridgehead atoms. The average Bonchev–Trinajstić information content (AvgIpc) is 3.30. The number of carboxylic acid groups (broad SMARTS) is 1. The Morgan fingerprint density at radius 2 is 1.93 bits per heavy atom. The molecular formula is C18H22Cl2N4O3. The number of carbonyl (C=O) groups is 2. The number of fused-ring (bicyclic) bond motifs is 1. The first-order valence-electron chi connectivity index (χ1n) is 8.53. The highest BCUT2D eigenvalue weighted by Crippen LogP contribution is 2.24. The maximum absolute atomic E-state index is 12.6. The predicted octanol–water partition coefficient (Wildman–Crippen LogP) is 2.11. The zero-order valence-corrected chi connectivity index (χ0v) is 16.2. The first-order valence-corrected chi connectivity index (χ1v) is 8.53. The van der Waals surface area contributed by atoms with E-state index in [1.165, 1.54) is 0 Å². The minimum absolute atomic E-state index is 0. The number of halogens is 2. The molecule has 3 heterocycles. The van der Waals surface area contributed by atoms with Crippen molar-refractivity contribution < 1.29 is 14.7 Å². The van der Waals surface area contributed by atoms with Crippen molar-refractivity contribution in [3.05, 3.63) is 41.2 Å². The molecule has 4 rings (SSSR count). The number of H-pyrrole nitrogens is 1. The van der Waals surface area contributed by atoms with Crippen LogP contribution in [0.25, 0.3) is 11.4 Å². The van der Waals surface area contributed by atoms with Crippen molar-refractivity contribution >= 4 is 36.7 Å². The molecule has 2 aliphatic heterocycles. The minimum Gasteiger partial charge on any atom is -0.478 e. The number of hydrogen-bond donors (Lipinski definition) is 3. The molecular weight excluding hydrogens is 391 g/mol. The predicted molar refractivity (Wildman–Crippen MR) is 106 cm³/mol. The third-order valence-electron chi connectivity index (χ3n) is 4.96. The van der Waals surface area contributed by atoms with Gasteiger partial charge in [0.2, 0.25) is 5.91 Å². The summed E-state index contributed by atoms with van der Waals surface area (Å²) < 4.78 is 0. The molecule has 0 saturated carbocycles. The van der Waals surface area contributed by atoms with Crippen molar-refractivity contribution in [3.8, 4) is 11.4 Å². The Balaban J connectivity index is 0.00000131. The van der Waals surface area contributed by atoms with E-state index in [1.54, 1.807) is 24.3 Å². The zero-order chi connectivity index (χ0) is 17.4. The molecule has 9 heteroatoms. The SMILES string of the molecule is Cl.Cl.O=C(O)c1ccc(-c2nc3c([nH]2)CN(C(=O)C2CCNC2)CC3)cc1. The second-order valence-corrected chi connectivity index (χ2v) is 6.59. The molecule has 2 aliphatic rings. The molecule has 1 unspecified atom stereocenters. The van der Waals surface area contributed by atoms with Gasteiger partial charge in [0.15, 0.2) is 0 Å². The molecule has 146 valence electrons. The summed E-state index contributed by atoms with van der Waals surface area (Å²) in [5, 5.41) is 12.2. The summed E-state index contributed by atoms with van der Waals surface area (Å²) in [5.41, 5.74) is 3.06. The molecule has 0 radical (unpaired) electrons. The molecule has 1 fully saturated rings. The van der Waals surface area contributed by atoms with Crippen molar-refractivity contribution in [1.82, 2.24) is 20.2 Å². The van der Waals surface area contributed by atoms with Gasteiger partial charge in [-0.1, -0.05) is 12.1 Å². The molecule has 1 saturated heterocycles. The zero-order valence-electron chi connectivity index (χ0n) is 14.6. The minimum atomic E-state index is -0.944. The molecule has 7 nitrogen and oxygen atoms in total. The number of amides is 1. The second kappa shape index (κ2) is 8.73. The topological polar surface area (TPSA) is 98.3 Å². The summed E-state index contributed by atoms with van der Waals surface area (Å²) in [4.78, 5) is 33.4. The van der Waals surface area contributed by atoms with E-state index in [4.69, 9.17) is 5.11 Å². The van der Waals surface area contributed by atoms with Gasteiger partial charge in [0.25, 0.3) is 0 Å². The van der Waals surface area contributed by atoms with Gasteiger partial charge < -0.3 is 20.3 Å². The van der Waals surface area contributed by atoms with Crippen molar-refractivity contribution in [1.29, 1.82) is 0 Å². The monoisotopic (exact) mass is 412 g/mol. The van der Waals surface area contributed by atoms with Gasteiger partial charge in [-0.05, 0) is 25.1 Å². The summed E-state index contributed by atoms with van der Waals surface area (Å²) in [6.45, 7) is 2.94. The van der Waals surface area contributed by atoms with Crippen LogP contribution in [0.3, 0.4) is 0 Å². The van der Waals surface area contributed by atoms with Crippen LogP contribution < -0.4 is 5.32 Å². The number of carbonyl (C=O) groups excluding carboxylic acids is 1. The third kappa shape index (κ3) is 4.26. The van der Waals surface area contributed by atoms with Gasteiger partial charge in [0.1, 0.15) is 5.82 Å². The molecule has 1 aromatic carbocycles. The van der Waals surface area contributed by atoms with Gasteiger partial charge >= 0.3 is 5.97 Å². The van der Waals surface area contributed by atoms with E-state index in [9.17, 15) is 9.59 Å². The third-order valence-corrected chi connectivity index (χ3v) is 4.96. The lowest BCUT2D eigenvalue weighted by atomic mass is 10.0. The largest absolute Gasteiger partial charge is 0.478 e. The van der Waals surface area contributed by atoms with Crippen LogP contribution >= 0.6 is 24.8 Å². The molecule has 3 N–H and O–H groups in total. The summed E-state index contributed by atoms with van der Waals surface area (Å²) in [5.74, 6) is 0.0877. The van der Waals surface area contributed by atoms with E-state index < -0.39 is 5.97 Å². The van der Waals surface area contributed by atoms with Crippen LogP contribution in [0.2, 0.25) is 0 Å². The highest BCUT2D eigenvalue weighted by Gasteiger charge is 2.30. The van der Waals surface area contributed by atoms with E-state index in [1.807, 2.05) is 4.90 Å². The molecule has 0 spiro atoms. The Morgan fingerprint density at radius 3 is 2.56 bits per heavy atom. The van der Waals surface area contributed by atoms with E-state index in [2.05, 4.69) is 15.3 Å². The van der Waals surface area contributed by atoms with Gasteiger partial charge in [-0.2, -0.15) is 0 Å². The van der Waals surface area contributed by atoms with Gasteiger partial charge in [0, 0.05) is 25.1 Å². The number of benzene rings is 1. The number of rotatable bonds is 3. The van der Waals surface area contributed by atoms with E-state index in [-0.39, 0.29) is 42.2 Å². The second-order valence-electron chi connectivity index (χ2n) is 6.59. The van der Waals surface area contributed by atoms with Crippen LogP contribution in [0.4, 0.5) is 0 Å². The maximum atomic E-state index is 12.6. The summed E-state index contributed by atoms with van der Waals surface area (Å²) in [6.07, 6.45) is 1.65. The number of nitrogens with zero attached hydrogens (tertiary/aromatic N) is 2. The average molecular weight is 413 g/mol. The van der Waals surface area contributed by atoms with Crippen LogP contribution in [0, 0.1) is 5.92 Å². The van der Waals surface area contributed by atoms with Crippen molar-refractivity contribution in [2.75, 3.05) is 19.6 Å². The summed E-state index contributed by atoms with van der Waals surface area (Å²) in [6, 6.07) is 6.64. The Kier molecular flexibility index (Phi) is 6.86. The lowest BCUT2D eigenvalue weighted by molar-refractivity contribution is -0.135. The maximum Gasteiger partial charge on any atom is 0.335 e. The van der Waals surface area contributed by atoms with Crippen molar-refractivity contribution in [3.63, 3.8) is 0 Å². The molecule has 1 aromatic heterocycles. The molecule has 2 aromatic rings. The number of aromatic carboxylic acids is 1. The lowest BCUT2D eigenvalue weighted by Gasteiger charge is -2.28. The van der Waals surface area contributed by atoms with Crippen LogP contribution in [-0.4, -0.2) is 51.5 Å². The molecule has 1 amide bonds. The van der Waals surface area contributed by atoms with Crippen LogP contribution in [0.5, 0.6) is 0 Å². The fraction of sp³-hybridized carbons (Fsp3) is 0.389. The molecule has 0 aliphatic carbocycles. The van der Waals surface area contributed by atoms with E-state index in [0.29, 0.717) is 13.1 Å². The quantitative estimate of drug-likeness (QED) is 0.716. The number of carboxylic acids is 1. The van der Waals surface area contributed by atoms with E-state index >= 15 is 0 Å². The Hall–Kier alpha value is -2.09. The first kappa shape index (κ1) is 21.2. The smallest absolute Gasteiger partial charge is 0.335 e. The Bertz CT molecular complexity index is 817. The Labute approximate surface area is 169 Å². The highest BCUT2D eigenvalue weighted by molar-refractivity contribution is 5.88. The van der Waals surface area contributed by atoms with Crippen LogP contribution in [0.15, 0.2) is 24.3 Å². The summed E-state index contributed by atoms with van der Waals surface area (Å²) in [7, 11) is 0. The standard InChI is InChI=1S/C18H20N4O3.2ClH/c23-17(13-5-7-19-9-13)22-8-6-14-15(10-22)21-16(20-14)11-1-3-12(4-2-11)18(24)25;;/h1-4,13,19H,5-10H2,(H,20,21)(H,24,25);2*1H. The number of imidazole rings is 1. The number of nitrogens with one attached hydrogen (secondary N) is 2. The molecule has 1 atom stereocenters. The Morgan fingerprint density at radius 1 is 1.19 bits per heavy atom. The number of aromatic nitrogens is 2. The molecule has 27 heavy (non-hydrogen) atoms. The van der Waals surface area contributed by atoms with Gasteiger partial charge in [0.05, 0.1) is 29.4 Å². The normalized spacial score (nSPS) is 18.2. The fourth-order valence-electron chi connectivity index (χ4n) is 3.51. The van der Waals surface area contributed by atoms with Crippen LogP contribution in [-0.2, 0) is 17.8 Å². The number of aromatic amines is 1. The van der Waals surface area contributed by atoms with Crippen molar-refractivity contribution in [2.45, 2.75) is 19.4 Å². The fourth-order valence-corrected chi connectivity index (χ4v) is 3.51. The van der Waals surface area contributed by atoms with Gasteiger partial charge in [-0.3, -0.25) is 4.79 Å². The van der Waals surface area contributed by atoms with Crippen molar-refractivity contribution in [2.24, 2.45) is 5.92 Å². The lowest BCUT2D eigenvalue weighted by Crippen LogP contribution is -2.40. The first-order chi connectivity index (χ1) is 12.1. The van der Waals surface area contributed by atoms with Gasteiger partial charge in [-0.15, -0.1) is 24.8 Å². The summed E-state index contributed by atoms with van der Waals surface area (Å²) >= 11 is 0. The van der Waals surface area contributed by atoms with Crippen LogP contribution in [0.1, 0.15) is 28.2 Å². The highest BCUT2D eigenvalue weighted by atomic mass is 35.5.